The van der Waals surface area contributed by atoms with Crippen LogP contribution >= 0.6 is 11.3 Å². The molecule has 0 saturated heterocycles. The second-order valence-electron chi connectivity index (χ2n) is 9.08. The van der Waals surface area contributed by atoms with Crippen molar-refractivity contribution in [2.45, 2.75) is 46.7 Å². The zero-order chi connectivity index (χ0) is 23.0. The third kappa shape index (κ3) is 4.11. The molecular formula is C24H29N3O4S. The highest BCUT2D eigenvalue weighted by Gasteiger charge is 2.31. The summed E-state index contributed by atoms with van der Waals surface area (Å²) in [6, 6.07) is 5.66. The molecule has 0 fully saturated rings. The van der Waals surface area contributed by atoms with Gasteiger partial charge in [0.1, 0.15) is 16.3 Å². The summed E-state index contributed by atoms with van der Waals surface area (Å²) in [6.45, 7) is 7.48. The van der Waals surface area contributed by atoms with Crippen LogP contribution in [0.25, 0.3) is 10.2 Å². The quantitative estimate of drug-likeness (QED) is 0.587. The van der Waals surface area contributed by atoms with Gasteiger partial charge in [-0.25, -0.2) is 4.98 Å². The maximum atomic E-state index is 13.3. The fourth-order valence-electron chi connectivity index (χ4n) is 4.14. The first-order valence-electron chi connectivity index (χ1n) is 10.7. The summed E-state index contributed by atoms with van der Waals surface area (Å²) >= 11 is 1.52. The Bertz CT molecular complexity index is 1220. The molecule has 170 valence electrons. The number of thiophene rings is 1. The van der Waals surface area contributed by atoms with Crippen LogP contribution < -0.4 is 15.0 Å². The van der Waals surface area contributed by atoms with Gasteiger partial charge in [-0.2, -0.15) is 0 Å². The number of methoxy groups -OCH3 is 2. The fourth-order valence-corrected chi connectivity index (χ4v) is 5.34. The molecule has 1 aliphatic heterocycles. The Labute approximate surface area is 191 Å². The van der Waals surface area contributed by atoms with Gasteiger partial charge in [0.25, 0.3) is 5.56 Å². The molecule has 8 heteroatoms. The van der Waals surface area contributed by atoms with Crippen LogP contribution in [0.2, 0.25) is 0 Å². The fraction of sp³-hybridized carbons (Fsp3) is 0.458. The summed E-state index contributed by atoms with van der Waals surface area (Å²) < 4.78 is 12.5. The van der Waals surface area contributed by atoms with Gasteiger partial charge in [0, 0.05) is 23.4 Å². The van der Waals surface area contributed by atoms with Crippen LogP contribution in [0.1, 0.15) is 36.8 Å². The van der Waals surface area contributed by atoms with E-state index in [1.807, 2.05) is 43.9 Å². The molecule has 0 atom stereocenters. The number of amides is 1. The van der Waals surface area contributed by atoms with Crippen LogP contribution in [-0.2, 0) is 30.7 Å². The Balaban J connectivity index is 1.61. The first-order valence-corrected chi connectivity index (χ1v) is 11.5. The van der Waals surface area contributed by atoms with Crippen molar-refractivity contribution >= 4 is 27.5 Å². The number of carbonyl (C=O) groups excluding carboxylic acids is 1. The molecule has 0 unspecified atom stereocenters. The number of nitrogens with zero attached hydrogens (tertiary/aromatic N) is 3. The number of aromatic nitrogens is 2. The molecule has 32 heavy (non-hydrogen) atoms. The van der Waals surface area contributed by atoms with Gasteiger partial charge in [-0.15, -0.1) is 11.3 Å². The highest BCUT2D eigenvalue weighted by atomic mass is 32.1. The van der Waals surface area contributed by atoms with E-state index < -0.39 is 5.41 Å². The number of rotatable bonds is 5. The third-order valence-corrected chi connectivity index (χ3v) is 6.99. The van der Waals surface area contributed by atoms with Crippen LogP contribution in [0.3, 0.4) is 0 Å². The van der Waals surface area contributed by atoms with E-state index >= 15 is 0 Å². The Kier molecular flexibility index (Phi) is 5.99. The highest BCUT2D eigenvalue weighted by molar-refractivity contribution is 7.18. The molecular weight excluding hydrogens is 426 g/mol. The summed E-state index contributed by atoms with van der Waals surface area (Å²) in [5, 5.41) is 0.702. The van der Waals surface area contributed by atoms with Crippen LogP contribution in [-0.4, -0.2) is 41.1 Å². The van der Waals surface area contributed by atoms with E-state index in [0.717, 1.165) is 32.3 Å². The number of carbonyl (C=O) groups is 1. The first-order chi connectivity index (χ1) is 15.2. The van der Waals surface area contributed by atoms with Crippen molar-refractivity contribution in [3.05, 3.63) is 50.9 Å². The van der Waals surface area contributed by atoms with Crippen molar-refractivity contribution in [2.75, 3.05) is 20.8 Å². The lowest BCUT2D eigenvalue weighted by atomic mass is 9.93. The highest BCUT2D eigenvalue weighted by Crippen LogP contribution is 2.34. The van der Waals surface area contributed by atoms with Crippen molar-refractivity contribution in [3.63, 3.8) is 0 Å². The third-order valence-electron chi connectivity index (χ3n) is 5.87. The van der Waals surface area contributed by atoms with E-state index in [9.17, 15) is 9.59 Å². The van der Waals surface area contributed by atoms with E-state index in [1.165, 1.54) is 11.3 Å². The molecule has 0 N–H and O–H groups in total. The zero-order valence-electron chi connectivity index (χ0n) is 19.2. The SMILES string of the molecule is COc1ccc(OC)c(CCn2cnc3sc4c(c3c2=O)CCN(C(=O)C(C)(C)C)C4)c1. The smallest absolute Gasteiger partial charge is 0.262 e. The monoisotopic (exact) mass is 455 g/mol. The molecule has 7 nitrogen and oxygen atoms in total. The normalized spacial score (nSPS) is 13.8. The van der Waals surface area contributed by atoms with Crippen molar-refractivity contribution < 1.29 is 14.3 Å². The van der Waals surface area contributed by atoms with E-state index in [2.05, 4.69) is 4.98 Å². The molecule has 0 radical (unpaired) electrons. The van der Waals surface area contributed by atoms with Crippen molar-refractivity contribution in [2.24, 2.45) is 5.41 Å². The lowest BCUT2D eigenvalue weighted by Gasteiger charge is -2.32. The Morgan fingerprint density at radius 2 is 2.00 bits per heavy atom. The number of benzene rings is 1. The number of hydrogen-bond donors (Lipinski definition) is 0. The van der Waals surface area contributed by atoms with Gasteiger partial charge in [0.2, 0.25) is 5.91 Å². The number of aryl methyl sites for hydroxylation is 2. The second kappa shape index (κ2) is 8.58. The first kappa shape index (κ1) is 22.3. The van der Waals surface area contributed by atoms with Crippen LogP contribution in [0.4, 0.5) is 0 Å². The molecule has 4 rings (SSSR count). The van der Waals surface area contributed by atoms with Crippen LogP contribution in [0.15, 0.2) is 29.3 Å². The van der Waals surface area contributed by atoms with Crippen molar-refractivity contribution in [3.8, 4) is 11.5 Å². The molecule has 2 aromatic heterocycles. The minimum Gasteiger partial charge on any atom is -0.497 e. The largest absolute Gasteiger partial charge is 0.497 e. The van der Waals surface area contributed by atoms with Crippen LogP contribution in [0.5, 0.6) is 11.5 Å². The molecule has 0 saturated carbocycles. The molecule has 0 spiro atoms. The summed E-state index contributed by atoms with van der Waals surface area (Å²) in [5.41, 5.74) is 1.58. The summed E-state index contributed by atoms with van der Waals surface area (Å²) in [7, 11) is 3.26. The topological polar surface area (TPSA) is 73.7 Å². The van der Waals surface area contributed by atoms with E-state index in [-0.39, 0.29) is 11.5 Å². The van der Waals surface area contributed by atoms with Gasteiger partial charge in [0.15, 0.2) is 0 Å². The lowest BCUT2D eigenvalue weighted by Crippen LogP contribution is -2.42. The predicted octanol–water partition coefficient (Wildman–Crippen LogP) is 3.65. The minimum absolute atomic E-state index is 0.0232. The van der Waals surface area contributed by atoms with Gasteiger partial charge in [-0.1, -0.05) is 20.8 Å². The molecule has 1 aliphatic rings. The maximum absolute atomic E-state index is 13.3. The van der Waals surface area contributed by atoms with E-state index in [0.29, 0.717) is 37.9 Å². The van der Waals surface area contributed by atoms with Crippen LogP contribution in [0, 0.1) is 5.41 Å². The summed E-state index contributed by atoms with van der Waals surface area (Å²) in [4.78, 5) is 34.3. The van der Waals surface area contributed by atoms with Gasteiger partial charge in [0.05, 0.1) is 32.5 Å². The van der Waals surface area contributed by atoms with Crippen molar-refractivity contribution in [1.29, 1.82) is 0 Å². The number of hydrogen-bond acceptors (Lipinski definition) is 6. The average molecular weight is 456 g/mol. The number of ether oxygens (including phenoxy) is 2. The van der Waals surface area contributed by atoms with E-state index in [4.69, 9.17) is 9.47 Å². The van der Waals surface area contributed by atoms with E-state index in [1.54, 1.807) is 25.1 Å². The minimum atomic E-state index is -0.416. The van der Waals surface area contributed by atoms with Gasteiger partial charge < -0.3 is 14.4 Å². The second-order valence-corrected chi connectivity index (χ2v) is 10.2. The van der Waals surface area contributed by atoms with Crippen molar-refractivity contribution in [1.82, 2.24) is 14.5 Å². The summed E-state index contributed by atoms with van der Waals surface area (Å²) in [5.74, 6) is 1.66. The van der Waals surface area contributed by atoms with Gasteiger partial charge in [-0.3, -0.25) is 14.2 Å². The Morgan fingerprint density at radius 1 is 1.22 bits per heavy atom. The molecule has 1 amide bonds. The molecule has 0 bridgehead atoms. The average Bonchev–Trinajstić information content (AvgIpc) is 3.15. The Hall–Kier alpha value is -2.87. The molecule has 0 aliphatic carbocycles. The predicted molar refractivity (Wildman–Crippen MR) is 126 cm³/mol. The molecule has 1 aromatic carbocycles. The van der Waals surface area contributed by atoms with Gasteiger partial charge >= 0.3 is 0 Å². The maximum Gasteiger partial charge on any atom is 0.262 e. The number of fused-ring (bicyclic) bond motifs is 3. The lowest BCUT2D eigenvalue weighted by molar-refractivity contribution is -0.140. The van der Waals surface area contributed by atoms with Gasteiger partial charge in [-0.05, 0) is 42.2 Å². The molecule has 3 heterocycles. The summed E-state index contributed by atoms with van der Waals surface area (Å²) in [6.07, 6.45) is 2.92. The molecule has 3 aromatic rings. The Morgan fingerprint density at radius 3 is 2.69 bits per heavy atom. The standard InChI is InChI=1S/C24H29N3O4S/c1-24(2,3)23(29)26-11-9-17-19(13-26)32-21-20(17)22(28)27(14-25-21)10-8-15-12-16(30-4)6-7-18(15)31-5/h6-7,12,14H,8-11,13H2,1-5H3. The zero-order valence-corrected chi connectivity index (χ0v) is 20.0.